The summed E-state index contributed by atoms with van der Waals surface area (Å²) in [5.74, 6) is 6.81. The van der Waals surface area contributed by atoms with Crippen molar-refractivity contribution in [2.45, 2.75) is 56.1 Å². The molecule has 0 aliphatic rings. The number of anilines is 2. The van der Waals surface area contributed by atoms with Gasteiger partial charge in [0, 0.05) is 90.0 Å². The lowest BCUT2D eigenvalue weighted by atomic mass is 10.3. The minimum atomic E-state index is -3.92. The normalized spacial score (nSPS) is 11.2. The van der Waals surface area contributed by atoms with Crippen LogP contribution in [0.4, 0.5) is 23.3 Å². The summed E-state index contributed by atoms with van der Waals surface area (Å²) in [4.78, 5) is 24.0. The summed E-state index contributed by atoms with van der Waals surface area (Å²) in [6.45, 7) is 3.83. The van der Waals surface area contributed by atoms with E-state index in [2.05, 4.69) is 43.1 Å². The highest BCUT2D eigenvalue weighted by Crippen LogP contribution is 2.19. The van der Waals surface area contributed by atoms with Gasteiger partial charge in [0.2, 0.25) is 0 Å². The highest BCUT2D eigenvalue weighted by atomic mass is 35.5. The molecule has 4 aromatic heterocycles. The van der Waals surface area contributed by atoms with Crippen molar-refractivity contribution in [3.63, 3.8) is 0 Å². The molecule has 0 atom stereocenters. The van der Waals surface area contributed by atoms with E-state index in [9.17, 15) is 25.3 Å². The Balaban J connectivity index is -0.000000454. The molecule has 0 fully saturated rings. The molecular weight excluding hydrogens is 1210 g/mol. The molecular formula is C38H65Cl4N21O6S7. The maximum Gasteiger partial charge on any atom is 0.318 e. The number of nitrogens with one attached hydrogen (secondary N) is 1. The second-order valence-corrected chi connectivity index (χ2v) is 22.1. The topological polar surface area (TPSA) is 526 Å². The third-order valence-corrected chi connectivity index (χ3v) is 12.7. The molecule has 0 saturated carbocycles. The summed E-state index contributed by atoms with van der Waals surface area (Å²) in [5, 5.41) is 21.3. The van der Waals surface area contributed by atoms with Crippen LogP contribution in [0, 0.1) is 5.41 Å². The van der Waals surface area contributed by atoms with Gasteiger partial charge in [-0.25, -0.2) is 40.3 Å². The van der Waals surface area contributed by atoms with Crippen molar-refractivity contribution >= 4 is 185 Å². The second-order valence-electron chi connectivity index (χ2n) is 14.2. The van der Waals surface area contributed by atoms with E-state index in [-0.39, 0.29) is 78.3 Å². The summed E-state index contributed by atoms with van der Waals surface area (Å²) in [6, 6.07) is 14.7. The number of amidine groups is 4. The predicted molar refractivity (Wildman–Crippen MR) is 328 cm³/mol. The van der Waals surface area contributed by atoms with Crippen LogP contribution in [0.1, 0.15) is 55.4 Å². The zero-order valence-electron chi connectivity index (χ0n) is 40.8. The van der Waals surface area contributed by atoms with Crippen LogP contribution in [0.3, 0.4) is 0 Å². The second kappa shape index (κ2) is 41.4. The summed E-state index contributed by atoms with van der Waals surface area (Å²) in [6.07, 6.45) is 7.66. The molecule has 0 aromatic carbocycles. The first-order valence-electron chi connectivity index (χ1n) is 20.3. The summed E-state index contributed by atoms with van der Waals surface area (Å²) >= 11 is 6.03. The average molecular weight is 1280 g/mol. The Kier molecular flexibility index (Phi) is 42.4. The predicted octanol–water partition coefficient (Wildman–Crippen LogP) is 2.87. The van der Waals surface area contributed by atoms with Crippen LogP contribution in [-0.4, -0.2) is 96.8 Å². The van der Waals surface area contributed by atoms with E-state index < -0.39 is 30.6 Å². The minimum Gasteiger partial charge on any atom is -0.386 e. The number of nitrogen functional groups attached to an aromatic ring is 2. The van der Waals surface area contributed by atoms with Gasteiger partial charge in [0.05, 0.1) is 0 Å². The lowest BCUT2D eigenvalue weighted by molar-refractivity contribution is 0.597. The van der Waals surface area contributed by atoms with Gasteiger partial charge in [0.25, 0.3) is 0 Å². The van der Waals surface area contributed by atoms with Gasteiger partial charge in [-0.2, -0.15) is 65.5 Å². The van der Waals surface area contributed by atoms with Crippen LogP contribution < -0.4 is 61.3 Å². The Morgan fingerprint density at radius 3 is 1.09 bits per heavy atom. The zero-order chi connectivity index (χ0) is 54.3. The van der Waals surface area contributed by atoms with E-state index in [0.717, 1.165) is 39.5 Å². The molecule has 0 unspecified atom stereocenters. The number of halogens is 4. The smallest absolute Gasteiger partial charge is 0.318 e. The van der Waals surface area contributed by atoms with Gasteiger partial charge < -0.3 is 45.9 Å². The molecule has 38 heteroatoms. The molecule has 4 rings (SSSR count). The van der Waals surface area contributed by atoms with Crippen molar-refractivity contribution < 1.29 is 25.3 Å². The van der Waals surface area contributed by atoms with Gasteiger partial charge in [-0.3, -0.25) is 5.41 Å². The van der Waals surface area contributed by atoms with Crippen LogP contribution in [0.5, 0.6) is 0 Å². The van der Waals surface area contributed by atoms with Gasteiger partial charge in [-0.1, -0.05) is 11.8 Å². The Morgan fingerprint density at radius 1 is 0.500 bits per heavy atom. The van der Waals surface area contributed by atoms with Crippen molar-refractivity contribution in [2.24, 2.45) is 73.0 Å². The number of guanidine groups is 1. The van der Waals surface area contributed by atoms with Crippen molar-refractivity contribution in [3.8, 4) is 0 Å². The standard InChI is InChI=1S/C12H19N5O2S2.C10H17N7O2S2.C9H15N5O2S2.C7H10N4S.4ClH/c1-9(2)16-12-7-10(3-5-15-12)8-20-6-4-11(13)17-21(14,18)19;11-8(17-21(14,18)19)2-4-20-6-7-1-3-15-9(5-7)16-10(12)13;10-8(14-18(12,15)16)2-4-17-6-7-1-3-13-9(11)5-7;8-6-3-5(1-2-11-6)4-12-7(9)10;;;;/h3,5,7H,4,6,8H2,1-2H3,(H2,13,17)(H2,14,18,19);1,3,5H,2,4,6H2,(H2,11,17)(H2,14,18,19)(H4,12,13,15,16);1,3,5H,2,4,6H2,(H2,10,14)(H2,11,13)(H2,12,15,16);1-3H,4H2,(H2,8,11)(H3,9,10);4*1H. The molecule has 4 heterocycles. The van der Waals surface area contributed by atoms with E-state index in [1.807, 2.05) is 44.2 Å². The van der Waals surface area contributed by atoms with E-state index in [1.54, 1.807) is 78.3 Å². The number of thioether (sulfide) groups is 4. The van der Waals surface area contributed by atoms with E-state index in [1.165, 1.54) is 11.8 Å². The molecule has 0 bridgehead atoms. The number of aliphatic imine (C=N–C) groups is 2. The molecule has 4 aromatic rings. The molecule has 428 valence electrons. The van der Waals surface area contributed by atoms with E-state index in [4.69, 9.17) is 66.7 Å². The van der Waals surface area contributed by atoms with Crippen LogP contribution in [0.15, 0.2) is 96.5 Å². The number of pyridine rings is 4. The number of nitrogens with two attached hydrogens (primary N) is 11. The Labute approximate surface area is 485 Å². The molecule has 0 spiro atoms. The Bertz CT molecular complexity index is 2750. The van der Waals surface area contributed by atoms with Gasteiger partial charge in [-0.05, 0) is 84.6 Å². The number of nitrogens with zero attached hydrogens (tertiary/aromatic N) is 9. The first-order chi connectivity index (χ1) is 33.6. The highest BCUT2D eigenvalue weighted by molar-refractivity contribution is 8.13. The molecule has 23 N–H and O–H groups in total. The van der Waals surface area contributed by atoms with Crippen molar-refractivity contribution in [1.29, 1.82) is 5.41 Å². The molecule has 0 aliphatic carbocycles. The lowest BCUT2D eigenvalue weighted by Crippen LogP contribution is -2.22. The Hall–Kier alpha value is -4.69. The molecule has 0 aliphatic heterocycles. The average Bonchev–Trinajstić information content (AvgIpc) is 3.24. The van der Waals surface area contributed by atoms with Crippen molar-refractivity contribution in [1.82, 2.24) is 19.9 Å². The fourth-order valence-electron chi connectivity index (χ4n) is 4.64. The highest BCUT2D eigenvalue weighted by Gasteiger charge is 2.05. The largest absolute Gasteiger partial charge is 0.386 e. The maximum atomic E-state index is 10.7. The van der Waals surface area contributed by atoms with Gasteiger partial charge >= 0.3 is 30.6 Å². The summed E-state index contributed by atoms with van der Waals surface area (Å²) in [7, 11) is -11.7. The van der Waals surface area contributed by atoms with Gasteiger partial charge in [-0.15, -0.1) is 62.8 Å². The lowest BCUT2D eigenvalue weighted by Gasteiger charge is -2.03. The Morgan fingerprint density at radius 2 is 0.803 bits per heavy atom. The summed E-state index contributed by atoms with van der Waals surface area (Å²) in [5.41, 5.74) is 48.2. The zero-order valence-corrected chi connectivity index (χ0v) is 49.8. The minimum absolute atomic E-state index is 0. The molecule has 76 heavy (non-hydrogen) atoms. The molecule has 0 saturated heterocycles. The molecule has 0 amide bonds. The first-order valence-corrected chi connectivity index (χ1v) is 29.3. The van der Waals surface area contributed by atoms with Crippen LogP contribution in [0.2, 0.25) is 0 Å². The number of hydrogen-bond acceptors (Lipinski definition) is 19. The third kappa shape index (κ3) is 45.5. The summed E-state index contributed by atoms with van der Waals surface area (Å²) < 4.78 is 73.6. The van der Waals surface area contributed by atoms with E-state index in [0.29, 0.717) is 71.3 Å². The van der Waals surface area contributed by atoms with Gasteiger partial charge in [0.1, 0.15) is 29.1 Å². The maximum absolute atomic E-state index is 10.7. The third-order valence-electron chi connectivity index (χ3n) is 7.33. The van der Waals surface area contributed by atoms with Crippen LogP contribution in [0.25, 0.3) is 0 Å². The van der Waals surface area contributed by atoms with Crippen molar-refractivity contribution in [3.05, 3.63) is 95.6 Å². The van der Waals surface area contributed by atoms with Crippen LogP contribution in [-0.2, 0) is 53.6 Å². The first kappa shape index (κ1) is 77.8. The monoisotopic (exact) mass is 1280 g/mol. The van der Waals surface area contributed by atoms with Gasteiger partial charge in [0.15, 0.2) is 22.8 Å². The molecule has 27 nitrogen and oxygen atoms in total. The molecule has 0 radical (unpaired) electrons. The van der Waals surface area contributed by atoms with E-state index >= 15 is 0 Å². The number of aromatic nitrogens is 4. The number of hydrogen-bond donors (Lipinski definition) is 12. The van der Waals surface area contributed by atoms with Crippen molar-refractivity contribution in [2.75, 3.05) is 28.7 Å². The number of rotatable bonds is 22. The van der Waals surface area contributed by atoms with Crippen LogP contribution >= 0.6 is 96.7 Å². The quantitative estimate of drug-likeness (QED) is 0.0306. The fourth-order valence-corrected chi connectivity index (χ4v) is 9.14. The SMILES string of the molecule is CC(C)=Nc1cc(CSCCC(N)=NS(N)(=O)=O)ccn1.Cl.Cl.Cl.Cl.N=C(N)SCc1ccnc(N)c1.NC(CCSCc1ccnc(N)c1)=NS(N)(=O)=O.NC(N)=Nc1cc(CSCCC(N)=NS(N)(=O)=O)ccn1. The fraction of sp³-hybridized carbons (Fsp3) is 0.316.